The maximum Gasteiger partial charge on any atom is 0.418 e. The topological polar surface area (TPSA) is 25.8 Å². The third kappa shape index (κ3) is 4.14. The van der Waals surface area contributed by atoms with Gasteiger partial charge in [0.1, 0.15) is 0 Å². The lowest BCUT2D eigenvalue weighted by molar-refractivity contribution is -0.138. The highest BCUT2D eigenvalue weighted by atomic mass is 35.5. The van der Waals surface area contributed by atoms with Gasteiger partial charge in [-0.2, -0.15) is 13.2 Å². The zero-order chi connectivity index (χ0) is 16.3. The Morgan fingerprint density at radius 1 is 1.27 bits per heavy atom. The van der Waals surface area contributed by atoms with E-state index in [-0.39, 0.29) is 22.3 Å². The summed E-state index contributed by atoms with van der Waals surface area (Å²) in [5.74, 6) is 0. The van der Waals surface area contributed by atoms with Crippen LogP contribution in [0, 0.1) is 0 Å². The Balaban J connectivity index is 2.44. The first-order chi connectivity index (χ1) is 10.3. The minimum Gasteiger partial charge on any atom is -0.263 e. The zero-order valence-corrected chi connectivity index (χ0v) is 13.6. The minimum absolute atomic E-state index is 0.0131. The molecule has 2 aromatic rings. The predicted molar refractivity (Wildman–Crippen MR) is 82.3 cm³/mol. The highest BCUT2D eigenvalue weighted by Gasteiger charge is 2.34. The number of hydrogen-bond donors (Lipinski definition) is 0. The summed E-state index contributed by atoms with van der Waals surface area (Å²) in [6, 6.07) is 3.48. The van der Waals surface area contributed by atoms with E-state index in [1.165, 1.54) is 18.0 Å². The Bertz CT molecular complexity index is 659. The average molecular weight is 347 g/mol. The lowest BCUT2D eigenvalue weighted by Gasteiger charge is -2.15. The number of hydrogen-bond acceptors (Lipinski definition) is 3. The van der Waals surface area contributed by atoms with E-state index in [0.29, 0.717) is 0 Å². The van der Waals surface area contributed by atoms with E-state index < -0.39 is 11.7 Å². The number of alkyl halides is 3. The van der Waals surface area contributed by atoms with Crippen LogP contribution >= 0.6 is 23.4 Å². The van der Waals surface area contributed by atoms with Crippen LogP contribution < -0.4 is 0 Å². The van der Waals surface area contributed by atoms with E-state index in [1.807, 2.05) is 13.8 Å². The zero-order valence-electron chi connectivity index (χ0n) is 12.0. The molecule has 0 saturated carbocycles. The molecule has 0 unspecified atom stereocenters. The smallest absolute Gasteiger partial charge is 0.263 e. The van der Waals surface area contributed by atoms with Crippen LogP contribution in [0.1, 0.15) is 30.5 Å². The third-order valence-electron chi connectivity index (χ3n) is 2.87. The number of nitrogens with zero attached hydrogens (tertiary/aromatic N) is 2. The Morgan fingerprint density at radius 3 is 2.64 bits per heavy atom. The molecular weight excluding hydrogens is 333 g/mol. The van der Waals surface area contributed by atoms with Gasteiger partial charge in [-0.15, -0.1) is 11.8 Å². The molecule has 0 bridgehead atoms. The van der Waals surface area contributed by atoms with Gasteiger partial charge in [-0.05, 0) is 17.2 Å². The maximum atomic E-state index is 13.1. The van der Waals surface area contributed by atoms with Gasteiger partial charge in [-0.3, -0.25) is 4.98 Å². The van der Waals surface area contributed by atoms with E-state index >= 15 is 0 Å². The lowest BCUT2D eigenvalue weighted by Crippen LogP contribution is -2.11. The molecular formula is C15H14ClF3N2S. The summed E-state index contributed by atoms with van der Waals surface area (Å²) in [5.41, 5.74) is -0.0491. The third-order valence-corrected chi connectivity index (χ3v) is 4.26. The van der Waals surface area contributed by atoms with Crippen LogP contribution in [0.3, 0.4) is 0 Å². The molecule has 0 aliphatic rings. The first-order valence-electron chi connectivity index (χ1n) is 6.59. The largest absolute Gasteiger partial charge is 0.418 e. The SMILES string of the molecule is CC(C)Sc1ncccc1Cc1c(Cl)cncc1C(F)(F)F. The van der Waals surface area contributed by atoms with Crippen molar-refractivity contribution in [2.75, 3.05) is 0 Å². The molecule has 2 nitrogen and oxygen atoms in total. The Hall–Kier alpha value is -1.27. The van der Waals surface area contributed by atoms with Gasteiger partial charge in [-0.1, -0.05) is 31.5 Å². The minimum atomic E-state index is -4.49. The molecule has 0 fully saturated rings. The quantitative estimate of drug-likeness (QED) is 0.708. The second kappa shape index (κ2) is 6.87. The molecule has 0 spiro atoms. The average Bonchev–Trinajstić information content (AvgIpc) is 2.41. The van der Waals surface area contributed by atoms with Gasteiger partial charge in [0.15, 0.2) is 0 Å². The van der Waals surface area contributed by atoms with Crippen LogP contribution in [0.5, 0.6) is 0 Å². The van der Waals surface area contributed by atoms with Crippen molar-refractivity contribution in [3.63, 3.8) is 0 Å². The molecule has 0 N–H and O–H groups in total. The van der Waals surface area contributed by atoms with Crippen molar-refractivity contribution in [3.05, 3.63) is 52.4 Å². The summed E-state index contributed by atoms with van der Waals surface area (Å²) in [5, 5.41) is 1.02. The highest BCUT2D eigenvalue weighted by Crippen LogP contribution is 2.36. The summed E-state index contributed by atoms with van der Waals surface area (Å²) >= 11 is 7.47. The van der Waals surface area contributed by atoms with E-state index in [9.17, 15) is 13.2 Å². The summed E-state index contributed by atoms with van der Waals surface area (Å²) in [6.45, 7) is 4.01. The molecule has 0 atom stereocenters. The number of thioether (sulfide) groups is 1. The van der Waals surface area contributed by atoms with Crippen molar-refractivity contribution in [2.45, 2.75) is 36.7 Å². The van der Waals surface area contributed by atoms with Crippen LogP contribution in [-0.2, 0) is 12.6 Å². The number of pyridine rings is 2. The van der Waals surface area contributed by atoms with E-state index in [2.05, 4.69) is 9.97 Å². The molecule has 2 aromatic heterocycles. The van der Waals surface area contributed by atoms with Crippen molar-refractivity contribution in [2.24, 2.45) is 0 Å². The molecule has 22 heavy (non-hydrogen) atoms. The van der Waals surface area contributed by atoms with E-state index in [1.54, 1.807) is 18.3 Å². The molecule has 2 rings (SSSR count). The normalized spacial score (nSPS) is 12.0. The van der Waals surface area contributed by atoms with Crippen LogP contribution in [0.15, 0.2) is 35.7 Å². The molecule has 118 valence electrons. The van der Waals surface area contributed by atoms with Gasteiger partial charge in [0.25, 0.3) is 0 Å². The molecule has 2 heterocycles. The molecule has 0 amide bonds. The molecule has 7 heteroatoms. The van der Waals surface area contributed by atoms with Crippen molar-refractivity contribution < 1.29 is 13.2 Å². The molecule has 0 aromatic carbocycles. The monoisotopic (exact) mass is 346 g/mol. The number of aromatic nitrogens is 2. The van der Waals surface area contributed by atoms with Crippen LogP contribution in [0.25, 0.3) is 0 Å². The predicted octanol–water partition coefficient (Wildman–Crippen LogP) is 5.24. The Kier molecular flexibility index (Phi) is 5.34. The molecule has 0 aliphatic carbocycles. The number of rotatable bonds is 4. The van der Waals surface area contributed by atoms with Crippen molar-refractivity contribution in [1.29, 1.82) is 0 Å². The molecule has 0 radical (unpaired) electrons. The number of halogens is 4. The van der Waals surface area contributed by atoms with E-state index in [4.69, 9.17) is 11.6 Å². The standard InChI is InChI=1S/C15H14ClF3N2S/c1-9(2)22-14-10(4-3-5-21-14)6-11-12(15(17,18)19)7-20-8-13(11)16/h3-5,7-9H,6H2,1-2H3. The summed E-state index contributed by atoms with van der Waals surface area (Å²) < 4.78 is 39.4. The summed E-state index contributed by atoms with van der Waals surface area (Å²) in [4.78, 5) is 7.81. The lowest BCUT2D eigenvalue weighted by atomic mass is 10.0. The van der Waals surface area contributed by atoms with Gasteiger partial charge in [0, 0.05) is 30.3 Å². The first kappa shape index (κ1) is 17.1. The maximum absolute atomic E-state index is 13.1. The van der Waals surface area contributed by atoms with Gasteiger partial charge in [-0.25, -0.2) is 4.98 Å². The van der Waals surface area contributed by atoms with Crippen molar-refractivity contribution >= 4 is 23.4 Å². The second-order valence-electron chi connectivity index (χ2n) is 4.96. The van der Waals surface area contributed by atoms with Crippen molar-refractivity contribution in [3.8, 4) is 0 Å². The van der Waals surface area contributed by atoms with Crippen LogP contribution in [0.2, 0.25) is 5.02 Å². The summed E-state index contributed by atoms with van der Waals surface area (Å²) in [7, 11) is 0. The Labute approximate surface area is 136 Å². The van der Waals surface area contributed by atoms with Gasteiger partial charge < -0.3 is 0 Å². The summed E-state index contributed by atoms with van der Waals surface area (Å²) in [6.07, 6.45) is -0.739. The fourth-order valence-corrected chi connectivity index (χ4v) is 3.05. The fraction of sp³-hybridized carbons (Fsp3) is 0.333. The van der Waals surface area contributed by atoms with Crippen LogP contribution in [-0.4, -0.2) is 15.2 Å². The molecule has 0 saturated heterocycles. The van der Waals surface area contributed by atoms with Crippen molar-refractivity contribution in [1.82, 2.24) is 9.97 Å². The Morgan fingerprint density at radius 2 is 2.00 bits per heavy atom. The van der Waals surface area contributed by atoms with Crippen LogP contribution in [0.4, 0.5) is 13.2 Å². The molecule has 0 aliphatic heterocycles. The fourth-order valence-electron chi connectivity index (χ4n) is 1.96. The second-order valence-corrected chi connectivity index (χ2v) is 6.93. The van der Waals surface area contributed by atoms with Gasteiger partial charge in [0.2, 0.25) is 0 Å². The van der Waals surface area contributed by atoms with Gasteiger partial charge >= 0.3 is 6.18 Å². The first-order valence-corrected chi connectivity index (χ1v) is 7.85. The highest BCUT2D eigenvalue weighted by molar-refractivity contribution is 7.99. The van der Waals surface area contributed by atoms with Gasteiger partial charge in [0.05, 0.1) is 15.6 Å². The van der Waals surface area contributed by atoms with E-state index in [0.717, 1.165) is 16.8 Å².